The number of aryl methyl sites for hydroxylation is 2. The fourth-order valence-corrected chi connectivity index (χ4v) is 6.35. The smallest absolute Gasteiger partial charge is 0.211 e. The van der Waals surface area contributed by atoms with E-state index in [2.05, 4.69) is 19.6 Å². The fourth-order valence-electron chi connectivity index (χ4n) is 5.60. The molecule has 2 aliphatic rings. The first kappa shape index (κ1) is 23.9. The molecule has 3 aromatic heterocycles. The standard InChI is InChI=1S/C26H30N6O4S/c1-16-23(17(2)36-29-16)19-8-9-21-24-25(19)35-15-22(20-7-5-6-12-27-20)32(24)26(28-21)31-13-10-18(11-14-31)30(3)37(4,33)34/h5-9,12,18,22H,10-11,13-15H2,1-4H3/t22-/m1/s1. The lowest BCUT2D eigenvalue weighted by molar-refractivity contribution is 0.256. The van der Waals surface area contributed by atoms with Crippen molar-refractivity contribution in [2.45, 2.75) is 38.8 Å². The molecule has 1 saturated heterocycles. The summed E-state index contributed by atoms with van der Waals surface area (Å²) in [6.07, 6.45) is 4.52. The Kier molecular flexibility index (Phi) is 5.72. The average molecular weight is 523 g/mol. The molecule has 6 rings (SSSR count). The molecule has 0 radical (unpaired) electrons. The van der Waals surface area contributed by atoms with Gasteiger partial charge in [-0.3, -0.25) is 9.55 Å². The molecule has 0 bridgehead atoms. The molecular weight excluding hydrogens is 492 g/mol. The molecule has 5 heterocycles. The summed E-state index contributed by atoms with van der Waals surface area (Å²) in [5.74, 6) is 2.36. The van der Waals surface area contributed by atoms with Gasteiger partial charge in [-0.1, -0.05) is 11.2 Å². The van der Waals surface area contributed by atoms with Crippen LogP contribution in [0.15, 0.2) is 41.1 Å². The van der Waals surface area contributed by atoms with Crippen LogP contribution >= 0.6 is 0 Å². The van der Waals surface area contributed by atoms with Crippen LogP contribution in [0.4, 0.5) is 5.95 Å². The molecule has 0 spiro atoms. The van der Waals surface area contributed by atoms with E-state index in [4.69, 9.17) is 14.2 Å². The van der Waals surface area contributed by atoms with Gasteiger partial charge >= 0.3 is 0 Å². The molecule has 10 nitrogen and oxygen atoms in total. The van der Waals surface area contributed by atoms with Crippen molar-refractivity contribution in [3.8, 4) is 16.9 Å². The summed E-state index contributed by atoms with van der Waals surface area (Å²) in [4.78, 5) is 12.0. The Morgan fingerprint density at radius 3 is 2.54 bits per heavy atom. The molecule has 1 fully saturated rings. The van der Waals surface area contributed by atoms with Crippen LogP contribution in [-0.2, 0) is 10.0 Å². The number of sulfonamides is 1. The minimum atomic E-state index is -3.24. The molecule has 0 unspecified atom stereocenters. The van der Waals surface area contributed by atoms with Gasteiger partial charge in [-0.25, -0.2) is 17.7 Å². The number of rotatable bonds is 5. The Hall–Kier alpha value is -3.44. The third kappa shape index (κ3) is 3.97. The SMILES string of the molecule is Cc1noc(C)c1-c1ccc2nc(N3CCC(N(C)S(C)(=O)=O)CC3)n3c2c1OC[C@@H]3c1ccccn1. The van der Waals surface area contributed by atoms with Crippen molar-refractivity contribution in [2.24, 2.45) is 0 Å². The molecule has 1 aromatic carbocycles. The zero-order valence-corrected chi connectivity index (χ0v) is 22.2. The van der Waals surface area contributed by atoms with Crippen molar-refractivity contribution < 1.29 is 17.7 Å². The second-order valence-electron chi connectivity index (χ2n) is 9.87. The maximum Gasteiger partial charge on any atom is 0.211 e. The second-order valence-corrected chi connectivity index (χ2v) is 11.9. The van der Waals surface area contributed by atoms with Crippen molar-refractivity contribution in [3.05, 3.63) is 53.7 Å². The molecule has 194 valence electrons. The summed E-state index contributed by atoms with van der Waals surface area (Å²) < 4.78 is 39.8. The van der Waals surface area contributed by atoms with Crippen molar-refractivity contribution in [1.82, 2.24) is 24.0 Å². The van der Waals surface area contributed by atoms with Crippen LogP contribution < -0.4 is 9.64 Å². The first-order valence-electron chi connectivity index (χ1n) is 12.4. The molecule has 4 aromatic rings. The van der Waals surface area contributed by atoms with E-state index < -0.39 is 10.0 Å². The van der Waals surface area contributed by atoms with Gasteiger partial charge in [0.05, 0.1) is 28.7 Å². The number of ether oxygens (including phenoxy) is 1. The fraction of sp³-hybridized carbons (Fsp3) is 0.423. The molecule has 1 atom stereocenters. The maximum atomic E-state index is 12.1. The van der Waals surface area contributed by atoms with Crippen LogP contribution in [0, 0.1) is 13.8 Å². The van der Waals surface area contributed by atoms with Crippen LogP contribution in [0.25, 0.3) is 22.2 Å². The van der Waals surface area contributed by atoms with Gasteiger partial charge in [0.25, 0.3) is 0 Å². The molecule has 0 aliphatic carbocycles. The number of nitrogens with zero attached hydrogens (tertiary/aromatic N) is 6. The van der Waals surface area contributed by atoms with E-state index >= 15 is 0 Å². The van der Waals surface area contributed by atoms with E-state index in [9.17, 15) is 8.42 Å². The van der Waals surface area contributed by atoms with Crippen LogP contribution in [-0.4, -0.2) is 71.5 Å². The average Bonchev–Trinajstić information content (AvgIpc) is 3.45. The maximum absolute atomic E-state index is 12.1. The van der Waals surface area contributed by atoms with Gasteiger partial charge in [0.1, 0.15) is 23.9 Å². The predicted octanol–water partition coefficient (Wildman–Crippen LogP) is 3.55. The van der Waals surface area contributed by atoms with Crippen molar-refractivity contribution >= 4 is 27.0 Å². The van der Waals surface area contributed by atoms with E-state index in [0.717, 1.165) is 63.8 Å². The quantitative estimate of drug-likeness (QED) is 0.392. The summed E-state index contributed by atoms with van der Waals surface area (Å²) >= 11 is 0. The zero-order chi connectivity index (χ0) is 25.9. The predicted molar refractivity (Wildman–Crippen MR) is 140 cm³/mol. The van der Waals surface area contributed by atoms with Crippen LogP contribution in [0.1, 0.15) is 36.0 Å². The Balaban J connectivity index is 1.47. The van der Waals surface area contributed by atoms with Gasteiger partial charge in [0.2, 0.25) is 16.0 Å². The van der Waals surface area contributed by atoms with Gasteiger partial charge in [0.15, 0.2) is 5.75 Å². The Morgan fingerprint density at radius 2 is 1.89 bits per heavy atom. The number of hydrogen-bond donors (Lipinski definition) is 0. The Bertz CT molecular complexity index is 1550. The molecular formula is C26H30N6O4S. The summed E-state index contributed by atoms with van der Waals surface area (Å²) in [6.45, 7) is 5.66. The summed E-state index contributed by atoms with van der Waals surface area (Å²) in [5.41, 5.74) is 5.35. The molecule has 0 saturated carbocycles. The third-order valence-corrected chi connectivity index (χ3v) is 8.95. The summed E-state index contributed by atoms with van der Waals surface area (Å²) in [7, 11) is -1.57. The van der Waals surface area contributed by atoms with Gasteiger partial charge < -0.3 is 14.2 Å². The Morgan fingerprint density at radius 1 is 1.11 bits per heavy atom. The number of aromatic nitrogens is 4. The molecule has 37 heavy (non-hydrogen) atoms. The third-order valence-electron chi connectivity index (χ3n) is 7.60. The van der Waals surface area contributed by atoms with E-state index in [1.807, 2.05) is 44.2 Å². The van der Waals surface area contributed by atoms with E-state index in [1.54, 1.807) is 13.2 Å². The number of hydrogen-bond acceptors (Lipinski definition) is 8. The monoisotopic (exact) mass is 522 g/mol. The Labute approximate surface area is 215 Å². The van der Waals surface area contributed by atoms with Crippen molar-refractivity contribution in [2.75, 3.05) is 37.9 Å². The first-order chi connectivity index (χ1) is 17.7. The number of pyridine rings is 1. The lowest BCUT2D eigenvalue weighted by Crippen LogP contribution is -2.46. The number of anilines is 1. The highest BCUT2D eigenvalue weighted by Gasteiger charge is 2.35. The number of imidazole rings is 1. The molecule has 2 aliphatic heterocycles. The first-order valence-corrected chi connectivity index (χ1v) is 14.3. The van der Waals surface area contributed by atoms with Gasteiger partial charge in [0, 0.05) is 37.9 Å². The number of benzene rings is 1. The zero-order valence-electron chi connectivity index (χ0n) is 21.4. The van der Waals surface area contributed by atoms with E-state index in [1.165, 1.54) is 10.6 Å². The molecule has 0 N–H and O–H groups in total. The molecule has 0 amide bonds. The van der Waals surface area contributed by atoms with Crippen LogP contribution in [0.3, 0.4) is 0 Å². The normalized spacial score (nSPS) is 18.5. The lowest BCUT2D eigenvalue weighted by atomic mass is 10.0. The van der Waals surface area contributed by atoms with Crippen molar-refractivity contribution in [3.63, 3.8) is 0 Å². The van der Waals surface area contributed by atoms with E-state index in [-0.39, 0.29) is 12.1 Å². The van der Waals surface area contributed by atoms with Crippen LogP contribution in [0.2, 0.25) is 0 Å². The summed E-state index contributed by atoms with van der Waals surface area (Å²) in [5, 5.41) is 4.15. The molecule has 11 heteroatoms. The van der Waals surface area contributed by atoms with Crippen molar-refractivity contribution in [1.29, 1.82) is 0 Å². The minimum Gasteiger partial charge on any atom is -0.488 e. The topological polar surface area (TPSA) is 107 Å². The minimum absolute atomic E-state index is 0.0198. The van der Waals surface area contributed by atoms with Crippen LogP contribution in [0.5, 0.6) is 5.75 Å². The highest BCUT2D eigenvalue weighted by atomic mass is 32.2. The van der Waals surface area contributed by atoms with Gasteiger partial charge in [-0.2, -0.15) is 0 Å². The lowest BCUT2D eigenvalue weighted by Gasteiger charge is -2.37. The van der Waals surface area contributed by atoms with Gasteiger partial charge in [-0.15, -0.1) is 0 Å². The van der Waals surface area contributed by atoms with Gasteiger partial charge in [-0.05, 0) is 51.0 Å². The van der Waals surface area contributed by atoms with E-state index in [0.29, 0.717) is 19.7 Å². The summed E-state index contributed by atoms with van der Waals surface area (Å²) in [6, 6.07) is 9.79. The number of piperidine rings is 1. The largest absolute Gasteiger partial charge is 0.488 e. The highest BCUT2D eigenvalue weighted by molar-refractivity contribution is 7.88. The highest BCUT2D eigenvalue weighted by Crippen LogP contribution is 2.46. The second kappa shape index (κ2) is 8.84.